The SMILES string of the molecule is CCOC(=O)c1cc(-c2ccc(N3CCOCC3)cc2)c2c(C(C)C)nn(C3CCN(COC)C3)c2n1. The lowest BCUT2D eigenvalue weighted by Crippen LogP contribution is -2.36. The molecule has 2 aromatic heterocycles. The van der Waals surface area contributed by atoms with Crippen LogP contribution < -0.4 is 4.90 Å². The standard InChI is InChI=1S/C28H37N5O4/c1-5-37-28(34)24-16-23(20-6-8-21(9-7-20)32-12-14-36-15-13-32)25-26(19(2)3)30-33(27(25)29-24)22-10-11-31(17-22)18-35-4/h6-9,16,19,22H,5,10-15,17-18H2,1-4H3. The second-order valence-corrected chi connectivity index (χ2v) is 10.0. The lowest BCUT2D eigenvalue weighted by Gasteiger charge is -2.29. The van der Waals surface area contributed by atoms with E-state index in [4.69, 9.17) is 24.3 Å². The summed E-state index contributed by atoms with van der Waals surface area (Å²) in [5.74, 6) is -0.219. The molecule has 0 amide bonds. The number of rotatable bonds is 8. The fourth-order valence-electron chi connectivity index (χ4n) is 5.34. The number of carbonyl (C=O) groups excluding carboxylic acids is 1. The molecule has 1 aromatic carbocycles. The van der Waals surface area contributed by atoms with Crippen LogP contribution in [0.2, 0.25) is 0 Å². The molecule has 2 fully saturated rings. The molecule has 9 heteroatoms. The molecular weight excluding hydrogens is 470 g/mol. The molecule has 5 rings (SSSR count). The highest BCUT2D eigenvalue weighted by Crippen LogP contribution is 2.37. The summed E-state index contributed by atoms with van der Waals surface area (Å²) in [6, 6.07) is 10.6. The number of carbonyl (C=O) groups is 1. The summed E-state index contributed by atoms with van der Waals surface area (Å²) in [6.07, 6.45) is 0.951. The first-order valence-corrected chi connectivity index (χ1v) is 13.2. The van der Waals surface area contributed by atoms with Gasteiger partial charge in [0.05, 0.1) is 43.7 Å². The highest BCUT2D eigenvalue weighted by atomic mass is 16.5. The van der Waals surface area contributed by atoms with Crippen LogP contribution >= 0.6 is 0 Å². The molecule has 0 aliphatic carbocycles. The van der Waals surface area contributed by atoms with E-state index in [0.717, 1.165) is 73.7 Å². The van der Waals surface area contributed by atoms with Gasteiger partial charge in [0.15, 0.2) is 11.3 Å². The van der Waals surface area contributed by atoms with Crippen molar-refractivity contribution in [2.24, 2.45) is 0 Å². The van der Waals surface area contributed by atoms with Crippen LogP contribution in [0.3, 0.4) is 0 Å². The summed E-state index contributed by atoms with van der Waals surface area (Å²) in [5.41, 5.74) is 5.21. The number of anilines is 1. The largest absolute Gasteiger partial charge is 0.461 e. The zero-order valence-corrected chi connectivity index (χ0v) is 22.3. The third kappa shape index (κ3) is 5.21. The maximum Gasteiger partial charge on any atom is 0.357 e. The number of morpholine rings is 1. The summed E-state index contributed by atoms with van der Waals surface area (Å²) in [6.45, 7) is 12.0. The van der Waals surface area contributed by atoms with Crippen molar-refractivity contribution in [3.05, 3.63) is 41.7 Å². The maximum absolute atomic E-state index is 12.9. The number of fused-ring (bicyclic) bond motifs is 1. The molecule has 0 spiro atoms. The predicted molar refractivity (Wildman–Crippen MR) is 143 cm³/mol. The van der Waals surface area contributed by atoms with Crippen LogP contribution in [-0.4, -0.2) is 85.5 Å². The molecule has 0 N–H and O–H groups in total. The van der Waals surface area contributed by atoms with Crippen molar-refractivity contribution < 1.29 is 19.0 Å². The van der Waals surface area contributed by atoms with Gasteiger partial charge in [-0.1, -0.05) is 26.0 Å². The van der Waals surface area contributed by atoms with Gasteiger partial charge >= 0.3 is 5.97 Å². The Balaban J connectivity index is 1.63. The summed E-state index contributed by atoms with van der Waals surface area (Å²) in [4.78, 5) is 22.3. The number of hydrogen-bond acceptors (Lipinski definition) is 8. The lowest BCUT2D eigenvalue weighted by atomic mass is 9.97. The van der Waals surface area contributed by atoms with Gasteiger partial charge in [0, 0.05) is 39.0 Å². The first-order valence-electron chi connectivity index (χ1n) is 13.2. The Morgan fingerprint density at radius 2 is 1.92 bits per heavy atom. The fraction of sp³-hybridized carbons (Fsp3) is 0.536. The number of methoxy groups -OCH3 is 1. The van der Waals surface area contributed by atoms with Gasteiger partial charge in [0.2, 0.25) is 0 Å². The first-order chi connectivity index (χ1) is 18.0. The molecule has 3 aromatic rings. The van der Waals surface area contributed by atoms with Crippen molar-refractivity contribution in [2.45, 2.75) is 39.2 Å². The smallest absolute Gasteiger partial charge is 0.357 e. The Labute approximate surface area is 218 Å². The average Bonchev–Trinajstić information content (AvgIpc) is 3.54. The van der Waals surface area contributed by atoms with Gasteiger partial charge < -0.3 is 19.1 Å². The van der Waals surface area contributed by atoms with Crippen LogP contribution in [0.1, 0.15) is 55.3 Å². The second kappa shape index (κ2) is 11.2. The molecule has 2 aliphatic rings. The molecule has 37 heavy (non-hydrogen) atoms. The van der Waals surface area contributed by atoms with Crippen LogP contribution in [0, 0.1) is 0 Å². The summed E-state index contributed by atoms with van der Waals surface area (Å²) < 4.78 is 18.3. The third-order valence-electron chi connectivity index (χ3n) is 7.18. The molecule has 1 unspecified atom stereocenters. The molecule has 198 valence electrons. The third-order valence-corrected chi connectivity index (χ3v) is 7.18. The Morgan fingerprint density at radius 1 is 1.16 bits per heavy atom. The molecule has 2 saturated heterocycles. The number of pyridine rings is 1. The highest BCUT2D eigenvalue weighted by molar-refractivity contribution is 6.00. The average molecular weight is 508 g/mol. The zero-order chi connectivity index (χ0) is 25.9. The van der Waals surface area contributed by atoms with Crippen LogP contribution in [0.25, 0.3) is 22.2 Å². The molecule has 2 aliphatic heterocycles. The Kier molecular flexibility index (Phi) is 7.73. The topological polar surface area (TPSA) is 82.0 Å². The lowest BCUT2D eigenvalue weighted by molar-refractivity contribution is 0.0520. The van der Waals surface area contributed by atoms with Gasteiger partial charge in [-0.05, 0) is 48.6 Å². The number of esters is 1. The number of hydrogen-bond donors (Lipinski definition) is 0. The highest BCUT2D eigenvalue weighted by Gasteiger charge is 2.30. The number of nitrogens with zero attached hydrogens (tertiary/aromatic N) is 5. The number of benzene rings is 1. The Morgan fingerprint density at radius 3 is 2.59 bits per heavy atom. The van der Waals surface area contributed by atoms with Gasteiger partial charge in [-0.2, -0.15) is 5.10 Å². The van der Waals surface area contributed by atoms with Crippen molar-refractivity contribution in [1.29, 1.82) is 0 Å². The first kappa shape index (κ1) is 25.6. The molecule has 0 bridgehead atoms. The number of aromatic nitrogens is 3. The number of ether oxygens (including phenoxy) is 3. The molecule has 4 heterocycles. The monoisotopic (exact) mass is 507 g/mol. The van der Waals surface area contributed by atoms with E-state index in [9.17, 15) is 4.79 Å². The van der Waals surface area contributed by atoms with Crippen molar-refractivity contribution >= 4 is 22.7 Å². The van der Waals surface area contributed by atoms with E-state index in [2.05, 4.69) is 47.9 Å². The second-order valence-electron chi connectivity index (χ2n) is 10.0. The zero-order valence-electron chi connectivity index (χ0n) is 22.3. The molecular formula is C28H37N5O4. The van der Waals surface area contributed by atoms with Crippen molar-refractivity contribution in [3.63, 3.8) is 0 Å². The fourth-order valence-corrected chi connectivity index (χ4v) is 5.34. The van der Waals surface area contributed by atoms with Gasteiger partial charge in [0.25, 0.3) is 0 Å². The number of likely N-dealkylation sites (tertiary alicyclic amines) is 1. The van der Waals surface area contributed by atoms with E-state index in [1.807, 2.05) is 17.7 Å². The normalized spacial score (nSPS) is 18.7. The van der Waals surface area contributed by atoms with E-state index in [0.29, 0.717) is 19.0 Å². The van der Waals surface area contributed by atoms with Gasteiger partial charge in [0.1, 0.15) is 0 Å². The molecule has 0 radical (unpaired) electrons. The van der Waals surface area contributed by atoms with Crippen LogP contribution in [0.4, 0.5) is 5.69 Å². The van der Waals surface area contributed by atoms with E-state index in [1.54, 1.807) is 7.11 Å². The van der Waals surface area contributed by atoms with Crippen molar-refractivity contribution in [1.82, 2.24) is 19.7 Å². The van der Waals surface area contributed by atoms with Gasteiger partial charge in [-0.15, -0.1) is 0 Å². The minimum absolute atomic E-state index is 0.159. The van der Waals surface area contributed by atoms with E-state index >= 15 is 0 Å². The quantitative estimate of drug-likeness (QED) is 0.422. The van der Waals surface area contributed by atoms with Crippen LogP contribution in [0.5, 0.6) is 0 Å². The Bertz CT molecular complexity index is 1230. The molecule has 9 nitrogen and oxygen atoms in total. The minimum atomic E-state index is -0.415. The van der Waals surface area contributed by atoms with Crippen molar-refractivity contribution in [2.75, 3.05) is 64.7 Å². The summed E-state index contributed by atoms with van der Waals surface area (Å²) >= 11 is 0. The molecule has 0 saturated carbocycles. The van der Waals surface area contributed by atoms with E-state index in [1.165, 1.54) is 5.69 Å². The summed E-state index contributed by atoms with van der Waals surface area (Å²) in [5, 5.41) is 6.11. The van der Waals surface area contributed by atoms with E-state index in [-0.39, 0.29) is 12.0 Å². The minimum Gasteiger partial charge on any atom is -0.461 e. The van der Waals surface area contributed by atoms with Crippen molar-refractivity contribution in [3.8, 4) is 11.1 Å². The van der Waals surface area contributed by atoms with Gasteiger partial charge in [-0.3, -0.25) is 4.90 Å². The molecule has 1 atom stereocenters. The van der Waals surface area contributed by atoms with Crippen LogP contribution in [-0.2, 0) is 14.2 Å². The Hall–Kier alpha value is -3.01. The van der Waals surface area contributed by atoms with Crippen LogP contribution in [0.15, 0.2) is 30.3 Å². The maximum atomic E-state index is 12.9. The summed E-state index contributed by atoms with van der Waals surface area (Å²) in [7, 11) is 1.72. The predicted octanol–water partition coefficient (Wildman–Crippen LogP) is 4.09. The van der Waals surface area contributed by atoms with E-state index < -0.39 is 5.97 Å². The van der Waals surface area contributed by atoms with Gasteiger partial charge in [-0.25, -0.2) is 14.5 Å².